The molecule has 23 heavy (non-hydrogen) atoms. The lowest BCUT2D eigenvalue weighted by Crippen LogP contribution is -2.30. The molecule has 2 rings (SSSR count). The van der Waals surface area contributed by atoms with Gasteiger partial charge in [-0.05, 0) is 31.2 Å². The first-order valence-electron chi connectivity index (χ1n) is 7.09. The summed E-state index contributed by atoms with van der Waals surface area (Å²) in [5.41, 5.74) is 5.79. The van der Waals surface area contributed by atoms with E-state index in [1.54, 1.807) is 25.1 Å². The number of carbonyl (C=O) groups excluding carboxylic acids is 2. The predicted molar refractivity (Wildman–Crippen MR) is 91.5 cm³/mol. The topological polar surface area (TPSA) is 81.4 Å². The Balaban J connectivity index is 2.00. The number of ether oxygens (including phenoxy) is 1. The predicted octanol–water partition coefficient (Wildman–Crippen LogP) is 2.67. The van der Waals surface area contributed by atoms with Crippen LogP contribution in [-0.4, -0.2) is 23.7 Å². The van der Waals surface area contributed by atoms with Crippen molar-refractivity contribution in [3.8, 4) is 5.75 Å². The Hall–Kier alpha value is -2.47. The second-order valence-corrected chi connectivity index (χ2v) is 5.83. The van der Waals surface area contributed by atoms with Gasteiger partial charge in [0.25, 0.3) is 5.91 Å². The molecule has 5 nitrogen and oxygen atoms in total. The molecule has 1 unspecified atom stereocenters. The van der Waals surface area contributed by atoms with Gasteiger partial charge in [0.1, 0.15) is 5.75 Å². The number of benzene rings is 2. The molecular formula is C17H18N2O3S. The van der Waals surface area contributed by atoms with Gasteiger partial charge in [0.05, 0.1) is 11.4 Å². The van der Waals surface area contributed by atoms with E-state index in [2.05, 4.69) is 5.32 Å². The van der Waals surface area contributed by atoms with Crippen LogP contribution in [-0.2, 0) is 9.59 Å². The zero-order valence-corrected chi connectivity index (χ0v) is 13.5. The second kappa shape index (κ2) is 8.24. The maximum absolute atomic E-state index is 12.3. The van der Waals surface area contributed by atoms with Crippen molar-refractivity contribution in [3.05, 3.63) is 54.6 Å². The van der Waals surface area contributed by atoms with Crippen LogP contribution < -0.4 is 15.8 Å². The Labute approximate surface area is 139 Å². The van der Waals surface area contributed by atoms with E-state index in [0.717, 1.165) is 4.90 Å². The Morgan fingerprint density at radius 1 is 1.13 bits per heavy atom. The van der Waals surface area contributed by atoms with Gasteiger partial charge in [-0.2, -0.15) is 0 Å². The van der Waals surface area contributed by atoms with Crippen LogP contribution in [0.3, 0.4) is 0 Å². The van der Waals surface area contributed by atoms with Crippen LogP contribution in [0.2, 0.25) is 0 Å². The van der Waals surface area contributed by atoms with E-state index in [4.69, 9.17) is 10.5 Å². The number of thioether (sulfide) groups is 1. The minimum Gasteiger partial charge on any atom is -0.481 e. The van der Waals surface area contributed by atoms with E-state index < -0.39 is 12.0 Å². The first-order valence-corrected chi connectivity index (χ1v) is 8.07. The number of nitrogens with two attached hydrogens (primary N) is 1. The molecule has 6 heteroatoms. The highest BCUT2D eigenvalue weighted by atomic mass is 32.2. The molecule has 3 N–H and O–H groups in total. The third-order valence-electron chi connectivity index (χ3n) is 2.94. The summed E-state index contributed by atoms with van der Waals surface area (Å²) in [7, 11) is 0. The van der Waals surface area contributed by atoms with Crippen LogP contribution in [0.1, 0.15) is 6.92 Å². The van der Waals surface area contributed by atoms with Crippen molar-refractivity contribution in [1.82, 2.24) is 0 Å². The Morgan fingerprint density at radius 2 is 1.78 bits per heavy atom. The number of para-hydroxylation sites is 2. The second-order valence-electron chi connectivity index (χ2n) is 4.81. The van der Waals surface area contributed by atoms with Gasteiger partial charge < -0.3 is 15.8 Å². The Bertz CT molecular complexity index is 677. The van der Waals surface area contributed by atoms with Gasteiger partial charge in [0.15, 0.2) is 6.10 Å². The van der Waals surface area contributed by atoms with Gasteiger partial charge in [-0.1, -0.05) is 30.3 Å². The number of primary amides is 1. The molecule has 0 fully saturated rings. The first kappa shape index (κ1) is 16.9. The smallest absolute Gasteiger partial charge is 0.265 e. The van der Waals surface area contributed by atoms with Crippen molar-refractivity contribution in [1.29, 1.82) is 0 Å². The summed E-state index contributed by atoms with van der Waals surface area (Å²) in [5.74, 6) is 0.118. The van der Waals surface area contributed by atoms with E-state index in [1.165, 1.54) is 11.8 Å². The fourth-order valence-electron chi connectivity index (χ4n) is 1.84. The van der Waals surface area contributed by atoms with Crippen LogP contribution in [0.5, 0.6) is 5.75 Å². The molecule has 2 amide bonds. The fraction of sp³-hybridized carbons (Fsp3) is 0.176. The summed E-state index contributed by atoms with van der Waals surface area (Å²) in [4.78, 5) is 24.0. The van der Waals surface area contributed by atoms with Gasteiger partial charge in [-0.25, -0.2) is 0 Å². The van der Waals surface area contributed by atoms with Crippen molar-refractivity contribution in [2.45, 2.75) is 17.9 Å². The lowest BCUT2D eigenvalue weighted by Gasteiger charge is -2.16. The van der Waals surface area contributed by atoms with Gasteiger partial charge in [0.2, 0.25) is 5.91 Å². The van der Waals surface area contributed by atoms with Gasteiger partial charge in [-0.3, -0.25) is 9.59 Å². The SMILES string of the molecule is CC(Oc1ccccc1)C(=O)Nc1ccccc1SCC(N)=O. The quantitative estimate of drug-likeness (QED) is 0.765. The summed E-state index contributed by atoms with van der Waals surface area (Å²) in [5, 5.41) is 2.82. The zero-order chi connectivity index (χ0) is 16.7. The summed E-state index contributed by atoms with van der Waals surface area (Å²) in [6.45, 7) is 1.68. The molecule has 120 valence electrons. The highest BCUT2D eigenvalue weighted by Gasteiger charge is 2.16. The number of amides is 2. The minimum atomic E-state index is -0.647. The molecule has 0 saturated heterocycles. The highest BCUT2D eigenvalue weighted by molar-refractivity contribution is 8.00. The molecule has 0 radical (unpaired) electrons. The molecule has 0 saturated carbocycles. The van der Waals surface area contributed by atoms with E-state index in [-0.39, 0.29) is 11.7 Å². The normalized spacial score (nSPS) is 11.5. The molecule has 0 aliphatic rings. The lowest BCUT2D eigenvalue weighted by molar-refractivity contribution is -0.122. The molecule has 0 aliphatic heterocycles. The maximum Gasteiger partial charge on any atom is 0.265 e. The van der Waals surface area contributed by atoms with E-state index >= 15 is 0 Å². The fourth-order valence-corrected chi connectivity index (χ4v) is 2.58. The number of hydrogen-bond donors (Lipinski definition) is 2. The molecular weight excluding hydrogens is 312 g/mol. The Kier molecular flexibility index (Phi) is 6.05. The number of rotatable bonds is 7. The zero-order valence-electron chi connectivity index (χ0n) is 12.7. The average molecular weight is 330 g/mol. The standard InChI is InChI=1S/C17H18N2O3S/c1-12(22-13-7-3-2-4-8-13)17(21)19-14-9-5-6-10-15(14)23-11-16(18)20/h2-10,12H,11H2,1H3,(H2,18,20)(H,19,21). The molecule has 2 aromatic rings. The van der Waals surface area contributed by atoms with E-state index in [9.17, 15) is 9.59 Å². The molecule has 0 spiro atoms. The van der Waals surface area contributed by atoms with Crippen LogP contribution in [0.25, 0.3) is 0 Å². The van der Waals surface area contributed by atoms with Gasteiger partial charge in [-0.15, -0.1) is 11.8 Å². The van der Waals surface area contributed by atoms with E-state index in [1.807, 2.05) is 36.4 Å². The largest absolute Gasteiger partial charge is 0.481 e. The molecule has 0 heterocycles. The third kappa shape index (κ3) is 5.34. The van der Waals surface area contributed by atoms with Crippen LogP contribution in [0.15, 0.2) is 59.5 Å². The molecule has 1 atom stereocenters. The summed E-state index contributed by atoms with van der Waals surface area (Å²) < 4.78 is 5.59. The maximum atomic E-state index is 12.3. The van der Waals surface area contributed by atoms with Gasteiger partial charge >= 0.3 is 0 Å². The number of anilines is 1. The van der Waals surface area contributed by atoms with Crippen molar-refractivity contribution in [2.75, 3.05) is 11.1 Å². The number of nitrogens with one attached hydrogen (secondary N) is 1. The number of carbonyl (C=O) groups is 2. The van der Waals surface area contributed by atoms with E-state index in [0.29, 0.717) is 11.4 Å². The van der Waals surface area contributed by atoms with Crippen molar-refractivity contribution in [3.63, 3.8) is 0 Å². The highest BCUT2D eigenvalue weighted by Crippen LogP contribution is 2.27. The van der Waals surface area contributed by atoms with Gasteiger partial charge in [0, 0.05) is 4.90 Å². The van der Waals surface area contributed by atoms with Crippen LogP contribution in [0.4, 0.5) is 5.69 Å². The summed E-state index contributed by atoms with van der Waals surface area (Å²) in [6, 6.07) is 16.4. The third-order valence-corrected chi connectivity index (χ3v) is 4.04. The minimum absolute atomic E-state index is 0.156. The number of hydrogen-bond acceptors (Lipinski definition) is 4. The molecule has 0 aromatic heterocycles. The van der Waals surface area contributed by atoms with Crippen molar-refractivity contribution < 1.29 is 14.3 Å². The molecule has 0 aliphatic carbocycles. The van der Waals surface area contributed by atoms with Crippen molar-refractivity contribution >= 4 is 29.3 Å². The van der Waals surface area contributed by atoms with Crippen molar-refractivity contribution in [2.24, 2.45) is 5.73 Å². The van der Waals surface area contributed by atoms with Crippen LogP contribution >= 0.6 is 11.8 Å². The first-order chi connectivity index (χ1) is 11.1. The van der Waals surface area contributed by atoms with Crippen LogP contribution in [0, 0.1) is 0 Å². The lowest BCUT2D eigenvalue weighted by atomic mass is 10.3. The molecule has 0 bridgehead atoms. The summed E-state index contributed by atoms with van der Waals surface area (Å²) >= 11 is 1.28. The monoisotopic (exact) mass is 330 g/mol. The summed E-state index contributed by atoms with van der Waals surface area (Å²) in [6.07, 6.45) is -0.647. The Morgan fingerprint density at radius 3 is 2.48 bits per heavy atom. The molecule has 2 aromatic carbocycles. The average Bonchev–Trinajstić information content (AvgIpc) is 2.54.